The summed E-state index contributed by atoms with van der Waals surface area (Å²) in [5.74, 6) is 1.04. The molecule has 2 atom stereocenters. The molecule has 2 bridgehead atoms. The van der Waals surface area contributed by atoms with Crippen LogP contribution >= 0.6 is 0 Å². The van der Waals surface area contributed by atoms with Gasteiger partial charge in [0.05, 0.1) is 0 Å². The van der Waals surface area contributed by atoms with Gasteiger partial charge in [-0.2, -0.15) is 0 Å². The van der Waals surface area contributed by atoms with Gasteiger partial charge in [0.1, 0.15) is 5.82 Å². The predicted octanol–water partition coefficient (Wildman–Crippen LogP) is 1.65. The van der Waals surface area contributed by atoms with E-state index in [2.05, 4.69) is 21.8 Å². The van der Waals surface area contributed by atoms with Crippen molar-refractivity contribution >= 4 is 11.5 Å². The Labute approximate surface area is 109 Å². The Kier molecular flexibility index (Phi) is 2.90. The van der Waals surface area contributed by atoms with Crippen LogP contribution in [0.2, 0.25) is 0 Å². The molecule has 2 aliphatic heterocycles. The van der Waals surface area contributed by atoms with Crippen molar-refractivity contribution in [3.05, 3.63) is 17.8 Å². The minimum Gasteiger partial charge on any atom is -0.398 e. The van der Waals surface area contributed by atoms with Gasteiger partial charge in [-0.05, 0) is 38.8 Å². The van der Waals surface area contributed by atoms with Crippen molar-refractivity contribution in [2.24, 2.45) is 0 Å². The molecule has 0 spiro atoms. The van der Waals surface area contributed by atoms with Gasteiger partial charge < -0.3 is 10.6 Å². The molecule has 18 heavy (non-hydrogen) atoms. The molecule has 4 heteroatoms. The van der Waals surface area contributed by atoms with Crippen LogP contribution < -0.4 is 10.6 Å². The Balaban J connectivity index is 1.82. The Hall–Kier alpha value is -1.29. The first-order valence-corrected chi connectivity index (χ1v) is 6.84. The molecule has 0 aromatic carbocycles. The van der Waals surface area contributed by atoms with E-state index >= 15 is 0 Å². The summed E-state index contributed by atoms with van der Waals surface area (Å²) >= 11 is 0. The Morgan fingerprint density at radius 2 is 2.06 bits per heavy atom. The van der Waals surface area contributed by atoms with E-state index < -0.39 is 0 Å². The first-order chi connectivity index (χ1) is 8.65. The monoisotopic (exact) mass is 246 g/mol. The van der Waals surface area contributed by atoms with Crippen LogP contribution in [0.1, 0.15) is 24.8 Å². The summed E-state index contributed by atoms with van der Waals surface area (Å²) in [6.45, 7) is 4.19. The van der Waals surface area contributed by atoms with Crippen molar-refractivity contribution in [1.82, 2.24) is 9.88 Å². The van der Waals surface area contributed by atoms with Crippen molar-refractivity contribution in [2.75, 3.05) is 30.8 Å². The van der Waals surface area contributed by atoms with Crippen LogP contribution in [0.15, 0.2) is 12.3 Å². The molecule has 1 aromatic rings. The molecule has 1 aromatic heterocycles. The van der Waals surface area contributed by atoms with Crippen molar-refractivity contribution in [1.29, 1.82) is 0 Å². The molecule has 2 aliphatic rings. The number of nitrogens with zero attached hydrogens (tertiary/aromatic N) is 3. The highest BCUT2D eigenvalue weighted by molar-refractivity contribution is 5.55. The maximum atomic E-state index is 5.99. The maximum absolute atomic E-state index is 5.99. The fraction of sp³-hybridized carbons (Fsp3) is 0.643. The summed E-state index contributed by atoms with van der Waals surface area (Å²) in [6.07, 6.45) is 5.80. The van der Waals surface area contributed by atoms with E-state index in [0.29, 0.717) is 6.04 Å². The van der Waals surface area contributed by atoms with Crippen molar-refractivity contribution in [3.8, 4) is 0 Å². The van der Waals surface area contributed by atoms with Crippen LogP contribution in [0.5, 0.6) is 0 Å². The number of rotatable bonds is 1. The number of pyridine rings is 1. The Bertz CT molecular complexity index is 445. The lowest BCUT2D eigenvalue weighted by atomic mass is 10.1. The zero-order valence-corrected chi connectivity index (χ0v) is 11.3. The second-order valence-corrected chi connectivity index (χ2v) is 5.68. The largest absolute Gasteiger partial charge is 0.398 e. The Morgan fingerprint density at radius 3 is 2.83 bits per heavy atom. The van der Waals surface area contributed by atoms with Gasteiger partial charge in [0.2, 0.25) is 0 Å². The SMILES string of the molecule is Cc1cnc(N2CCC3CCC(C2)N3C)cc1N. The molecule has 3 heterocycles. The molecule has 4 nitrogen and oxygen atoms in total. The molecule has 3 rings (SSSR count). The summed E-state index contributed by atoms with van der Waals surface area (Å²) in [5, 5.41) is 0. The van der Waals surface area contributed by atoms with Crippen LogP contribution in [0.3, 0.4) is 0 Å². The van der Waals surface area contributed by atoms with Crippen LogP contribution in [-0.2, 0) is 0 Å². The highest BCUT2D eigenvalue weighted by Crippen LogP contribution is 2.30. The average Bonchev–Trinajstić information content (AvgIpc) is 2.57. The number of likely N-dealkylation sites (N-methyl/N-ethyl adjacent to an activating group) is 1. The number of anilines is 2. The molecule has 2 unspecified atom stereocenters. The highest BCUT2D eigenvalue weighted by Gasteiger charge is 2.34. The highest BCUT2D eigenvalue weighted by atomic mass is 15.3. The molecule has 0 radical (unpaired) electrons. The minimum absolute atomic E-state index is 0.682. The lowest BCUT2D eigenvalue weighted by Gasteiger charge is -2.27. The van der Waals surface area contributed by atoms with E-state index in [4.69, 9.17) is 5.73 Å². The standard InChI is InChI=1S/C14H22N4/c1-10-8-16-14(7-13(10)15)18-6-5-11-3-4-12(9-18)17(11)2/h7-8,11-12H,3-6,9H2,1-2H3,(H2,15,16). The molecule has 0 amide bonds. The average molecular weight is 246 g/mol. The van der Waals surface area contributed by atoms with E-state index in [9.17, 15) is 0 Å². The van der Waals surface area contributed by atoms with Crippen LogP contribution in [0, 0.1) is 6.92 Å². The predicted molar refractivity (Wildman–Crippen MR) is 74.8 cm³/mol. The molecular formula is C14H22N4. The van der Waals surface area contributed by atoms with Gasteiger partial charge in [-0.1, -0.05) is 0 Å². The normalized spacial score (nSPS) is 28.4. The van der Waals surface area contributed by atoms with E-state index in [1.54, 1.807) is 0 Å². The summed E-state index contributed by atoms with van der Waals surface area (Å²) in [7, 11) is 2.27. The number of aromatic nitrogens is 1. The molecule has 0 aliphatic carbocycles. The quantitative estimate of drug-likeness (QED) is 0.818. The van der Waals surface area contributed by atoms with Crippen LogP contribution in [0.4, 0.5) is 11.5 Å². The third-order valence-corrected chi connectivity index (χ3v) is 4.60. The van der Waals surface area contributed by atoms with Gasteiger partial charge in [0.15, 0.2) is 0 Å². The van der Waals surface area contributed by atoms with E-state index in [-0.39, 0.29) is 0 Å². The van der Waals surface area contributed by atoms with Crippen molar-refractivity contribution in [3.63, 3.8) is 0 Å². The van der Waals surface area contributed by atoms with Gasteiger partial charge in [-0.15, -0.1) is 0 Å². The topological polar surface area (TPSA) is 45.4 Å². The lowest BCUT2D eigenvalue weighted by Crippen LogP contribution is -2.37. The van der Waals surface area contributed by atoms with Crippen molar-refractivity contribution < 1.29 is 0 Å². The lowest BCUT2D eigenvalue weighted by molar-refractivity contribution is 0.254. The van der Waals surface area contributed by atoms with E-state index in [1.165, 1.54) is 19.3 Å². The zero-order valence-electron chi connectivity index (χ0n) is 11.3. The van der Waals surface area contributed by atoms with Gasteiger partial charge >= 0.3 is 0 Å². The third kappa shape index (κ3) is 1.94. The smallest absolute Gasteiger partial charge is 0.130 e. The van der Waals surface area contributed by atoms with Gasteiger partial charge in [-0.25, -0.2) is 4.98 Å². The fourth-order valence-electron chi connectivity index (χ4n) is 3.22. The van der Waals surface area contributed by atoms with E-state index in [1.807, 2.05) is 19.2 Å². The fourth-order valence-corrected chi connectivity index (χ4v) is 3.22. The van der Waals surface area contributed by atoms with Crippen LogP contribution in [0.25, 0.3) is 0 Å². The zero-order chi connectivity index (χ0) is 12.7. The summed E-state index contributed by atoms with van der Waals surface area (Å²) in [5.41, 5.74) is 7.90. The maximum Gasteiger partial charge on any atom is 0.130 e. The van der Waals surface area contributed by atoms with Gasteiger partial charge in [0.25, 0.3) is 0 Å². The first-order valence-electron chi connectivity index (χ1n) is 6.84. The number of aryl methyl sites for hydroxylation is 1. The molecule has 2 saturated heterocycles. The number of hydrogen-bond acceptors (Lipinski definition) is 4. The minimum atomic E-state index is 0.682. The molecule has 98 valence electrons. The third-order valence-electron chi connectivity index (χ3n) is 4.60. The number of hydrogen-bond donors (Lipinski definition) is 1. The summed E-state index contributed by atoms with van der Waals surface area (Å²) < 4.78 is 0. The van der Waals surface area contributed by atoms with Crippen molar-refractivity contribution in [2.45, 2.75) is 38.3 Å². The Morgan fingerprint density at radius 1 is 1.28 bits per heavy atom. The van der Waals surface area contributed by atoms with Gasteiger partial charge in [0, 0.05) is 43.1 Å². The molecule has 0 saturated carbocycles. The molecule has 2 fully saturated rings. The second-order valence-electron chi connectivity index (χ2n) is 5.68. The first kappa shape index (κ1) is 11.8. The summed E-state index contributed by atoms with van der Waals surface area (Å²) in [6, 6.07) is 3.47. The van der Waals surface area contributed by atoms with Crippen LogP contribution in [-0.4, -0.2) is 42.1 Å². The summed E-state index contributed by atoms with van der Waals surface area (Å²) in [4.78, 5) is 9.49. The second kappa shape index (κ2) is 4.43. The molecule has 2 N–H and O–H groups in total. The van der Waals surface area contributed by atoms with Gasteiger partial charge in [-0.3, -0.25) is 4.90 Å². The van der Waals surface area contributed by atoms with E-state index in [0.717, 1.165) is 36.2 Å². The number of nitrogens with two attached hydrogens (primary N) is 1. The molecular weight excluding hydrogens is 224 g/mol. The number of nitrogen functional groups attached to an aromatic ring is 1. The number of fused-ring (bicyclic) bond motifs is 2.